The van der Waals surface area contributed by atoms with Gasteiger partial charge in [-0.15, -0.1) is 0 Å². The molecular weight excluding hydrogens is 374 g/mol. The number of anilines is 1. The normalized spacial score (nSPS) is 10.2. The lowest BCUT2D eigenvalue weighted by atomic mass is 10.1. The highest BCUT2D eigenvalue weighted by atomic mass is 79.9. The van der Waals surface area contributed by atoms with E-state index in [-0.39, 0.29) is 18.3 Å². The minimum atomic E-state index is -0.304. The molecule has 0 saturated carbocycles. The molecule has 1 N–H and O–H groups in total. The second kappa shape index (κ2) is 7.97. The fourth-order valence-corrected chi connectivity index (χ4v) is 2.35. The van der Waals surface area contributed by atoms with Crippen LogP contribution >= 0.6 is 15.9 Å². The number of carbonyl (C=O) groups is 2. The molecule has 0 saturated heterocycles. The van der Waals surface area contributed by atoms with Crippen LogP contribution < -0.4 is 14.8 Å². The van der Waals surface area contributed by atoms with Gasteiger partial charge in [0.2, 0.25) is 0 Å². The monoisotopic (exact) mass is 391 g/mol. The number of rotatable bonds is 6. The maximum Gasteiger partial charge on any atom is 0.262 e. The standard InChI is InChI=1S/C18H18BrNO4/c1-11-8-13(4-6-16(11)19)20-18(22)10-24-17-7-5-14(23-3)9-15(17)12(2)21/h4-9H,10H2,1-3H3,(H,20,22). The summed E-state index contributed by atoms with van der Waals surface area (Å²) < 4.78 is 11.6. The molecule has 0 atom stereocenters. The van der Waals surface area contributed by atoms with E-state index >= 15 is 0 Å². The average molecular weight is 392 g/mol. The van der Waals surface area contributed by atoms with Crippen molar-refractivity contribution in [1.82, 2.24) is 0 Å². The quantitative estimate of drug-likeness (QED) is 0.756. The Bertz CT molecular complexity index is 774. The number of methoxy groups -OCH3 is 1. The van der Waals surface area contributed by atoms with Crippen molar-refractivity contribution >= 4 is 33.3 Å². The molecule has 0 spiro atoms. The SMILES string of the molecule is COc1ccc(OCC(=O)Nc2ccc(Br)c(C)c2)c(C(C)=O)c1. The summed E-state index contributed by atoms with van der Waals surface area (Å²) in [6, 6.07) is 10.4. The number of carbonyl (C=O) groups excluding carboxylic acids is 2. The predicted molar refractivity (Wildman–Crippen MR) is 96.0 cm³/mol. The number of amides is 1. The summed E-state index contributed by atoms with van der Waals surface area (Å²) in [4.78, 5) is 23.7. The number of hydrogen-bond donors (Lipinski definition) is 1. The van der Waals surface area contributed by atoms with Crippen LogP contribution in [0.2, 0.25) is 0 Å². The predicted octanol–water partition coefficient (Wildman–Crippen LogP) is 3.99. The van der Waals surface area contributed by atoms with E-state index in [0.29, 0.717) is 22.7 Å². The Balaban J connectivity index is 2.03. The van der Waals surface area contributed by atoms with Crippen molar-refractivity contribution in [3.8, 4) is 11.5 Å². The maximum absolute atomic E-state index is 12.0. The topological polar surface area (TPSA) is 64.6 Å². The van der Waals surface area contributed by atoms with Crippen LogP contribution in [0.4, 0.5) is 5.69 Å². The molecule has 0 aliphatic heterocycles. The molecule has 2 aromatic carbocycles. The maximum atomic E-state index is 12.0. The number of aryl methyl sites for hydroxylation is 1. The molecule has 0 bridgehead atoms. The van der Waals surface area contributed by atoms with E-state index in [2.05, 4.69) is 21.2 Å². The summed E-state index contributed by atoms with van der Waals surface area (Å²) in [7, 11) is 1.52. The zero-order valence-electron chi connectivity index (χ0n) is 13.7. The average Bonchev–Trinajstić information content (AvgIpc) is 2.56. The molecule has 0 heterocycles. The van der Waals surface area contributed by atoms with Crippen molar-refractivity contribution in [2.75, 3.05) is 19.0 Å². The van der Waals surface area contributed by atoms with Gasteiger partial charge >= 0.3 is 0 Å². The number of Topliss-reactive ketones (excluding diaryl/α,β-unsaturated/α-hetero) is 1. The van der Waals surface area contributed by atoms with Gasteiger partial charge in [-0.25, -0.2) is 0 Å². The first-order chi connectivity index (χ1) is 11.4. The van der Waals surface area contributed by atoms with Crippen molar-refractivity contribution in [3.05, 3.63) is 52.0 Å². The van der Waals surface area contributed by atoms with Crippen LogP contribution in [0, 0.1) is 6.92 Å². The first-order valence-corrected chi connectivity index (χ1v) is 8.08. The number of nitrogens with one attached hydrogen (secondary N) is 1. The Morgan fingerprint density at radius 3 is 2.54 bits per heavy atom. The Morgan fingerprint density at radius 2 is 1.92 bits per heavy atom. The van der Waals surface area contributed by atoms with E-state index < -0.39 is 0 Å². The Hall–Kier alpha value is -2.34. The highest BCUT2D eigenvalue weighted by molar-refractivity contribution is 9.10. The molecule has 0 fully saturated rings. The van der Waals surface area contributed by atoms with Crippen molar-refractivity contribution in [3.63, 3.8) is 0 Å². The summed E-state index contributed by atoms with van der Waals surface area (Å²) in [5.74, 6) is 0.447. The molecule has 0 radical (unpaired) electrons. The molecule has 0 unspecified atom stereocenters. The van der Waals surface area contributed by atoms with E-state index in [9.17, 15) is 9.59 Å². The molecule has 6 heteroatoms. The Labute approximate surface area is 149 Å². The number of benzene rings is 2. The van der Waals surface area contributed by atoms with Gasteiger partial charge in [0, 0.05) is 10.2 Å². The summed E-state index contributed by atoms with van der Waals surface area (Å²) >= 11 is 3.41. The van der Waals surface area contributed by atoms with E-state index in [1.165, 1.54) is 14.0 Å². The molecule has 2 rings (SSSR count). The minimum absolute atomic E-state index is 0.159. The second-order valence-electron chi connectivity index (χ2n) is 5.22. The van der Waals surface area contributed by atoms with Crippen LogP contribution in [0.5, 0.6) is 11.5 Å². The van der Waals surface area contributed by atoms with Gasteiger partial charge in [-0.2, -0.15) is 0 Å². The number of ether oxygens (including phenoxy) is 2. The molecule has 0 aliphatic rings. The summed E-state index contributed by atoms with van der Waals surface area (Å²) in [6.45, 7) is 3.18. The van der Waals surface area contributed by atoms with E-state index in [4.69, 9.17) is 9.47 Å². The van der Waals surface area contributed by atoms with Crippen molar-refractivity contribution in [1.29, 1.82) is 0 Å². The zero-order valence-corrected chi connectivity index (χ0v) is 15.3. The molecule has 0 aromatic heterocycles. The molecule has 1 amide bonds. The lowest BCUT2D eigenvalue weighted by molar-refractivity contribution is -0.118. The third kappa shape index (κ3) is 4.58. The van der Waals surface area contributed by atoms with Gasteiger partial charge in [-0.3, -0.25) is 9.59 Å². The van der Waals surface area contributed by atoms with E-state index in [1.54, 1.807) is 24.3 Å². The van der Waals surface area contributed by atoms with E-state index in [1.807, 2.05) is 19.1 Å². The highest BCUT2D eigenvalue weighted by Crippen LogP contribution is 2.25. The number of halogens is 1. The first-order valence-electron chi connectivity index (χ1n) is 7.28. The molecule has 2 aromatic rings. The molecular formula is C18H18BrNO4. The van der Waals surface area contributed by atoms with Gasteiger partial charge in [-0.05, 0) is 55.8 Å². The van der Waals surface area contributed by atoms with Crippen LogP contribution in [0.15, 0.2) is 40.9 Å². The number of hydrogen-bond acceptors (Lipinski definition) is 4. The number of ketones is 1. The lowest BCUT2D eigenvalue weighted by Crippen LogP contribution is -2.20. The Kier molecular flexibility index (Phi) is 5.98. The van der Waals surface area contributed by atoms with Crippen LogP contribution in [-0.2, 0) is 4.79 Å². The molecule has 0 aliphatic carbocycles. The van der Waals surface area contributed by atoms with Crippen molar-refractivity contribution < 1.29 is 19.1 Å². The largest absolute Gasteiger partial charge is 0.497 e. The summed E-state index contributed by atoms with van der Waals surface area (Å²) in [5.41, 5.74) is 2.08. The van der Waals surface area contributed by atoms with Gasteiger partial charge in [-0.1, -0.05) is 15.9 Å². The van der Waals surface area contributed by atoms with Crippen LogP contribution in [0.1, 0.15) is 22.8 Å². The van der Waals surface area contributed by atoms with Gasteiger partial charge in [0.15, 0.2) is 12.4 Å². The Morgan fingerprint density at radius 1 is 1.17 bits per heavy atom. The fourth-order valence-electron chi connectivity index (χ4n) is 2.10. The first kappa shape index (κ1) is 18.0. The van der Waals surface area contributed by atoms with Crippen LogP contribution in [0.25, 0.3) is 0 Å². The molecule has 24 heavy (non-hydrogen) atoms. The summed E-state index contributed by atoms with van der Waals surface area (Å²) in [6.07, 6.45) is 0. The fraction of sp³-hybridized carbons (Fsp3) is 0.222. The van der Waals surface area contributed by atoms with Crippen LogP contribution in [0.3, 0.4) is 0 Å². The second-order valence-corrected chi connectivity index (χ2v) is 6.07. The van der Waals surface area contributed by atoms with Crippen molar-refractivity contribution in [2.24, 2.45) is 0 Å². The lowest BCUT2D eigenvalue weighted by Gasteiger charge is -2.12. The van der Waals surface area contributed by atoms with Gasteiger partial charge in [0.1, 0.15) is 11.5 Å². The van der Waals surface area contributed by atoms with Crippen molar-refractivity contribution in [2.45, 2.75) is 13.8 Å². The highest BCUT2D eigenvalue weighted by Gasteiger charge is 2.12. The van der Waals surface area contributed by atoms with E-state index in [0.717, 1.165) is 10.0 Å². The zero-order chi connectivity index (χ0) is 17.7. The molecule has 5 nitrogen and oxygen atoms in total. The van der Waals surface area contributed by atoms with Gasteiger partial charge < -0.3 is 14.8 Å². The van der Waals surface area contributed by atoms with Gasteiger partial charge in [0.25, 0.3) is 5.91 Å². The smallest absolute Gasteiger partial charge is 0.262 e. The summed E-state index contributed by atoms with van der Waals surface area (Å²) in [5, 5.41) is 2.76. The third-order valence-electron chi connectivity index (χ3n) is 3.37. The van der Waals surface area contributed by atoms with Crippen LogP contribution in [-0.4, -0.2) is 25.4 Å². The minimum Gasteiger partial charge on any atom is -0.497 e. The van der Waals surface area contributed by atoms with Gasteiger partial charge in [0.05, 0.1) is 12.7 Å². The molecule has 126 valence electrons. The third-order valence-corrected chi connectivity index (χ3v) is 4.26.